The van der Waals surface area contributed by atoms with Crippen LogP contribution >= 0.6 is 0 Å². The standard InChI is InChI=1S/C18H34N4O/c1-14(2)18-16(11-21(5)19-18)10-20(4)12-17(23)13-22-8-6-15(3)7-9-22/h11,14-15,17,23H,6-10,12-13H2,1-5H3. The summed E-state index contributed by atoms with van der Waals surface area (Å²) in [6.07, 6.45) is 4.34. The van der Waals surface area contributed by atoms with Gasteiger partial charge in [0.25, 0.3) is 0 Å². The number of likely N-dealkylation sites (tertiary alicyclic amines) is 1. The molecule has 1 atom stereocenters. The van der Waals surface area contributed by atoms with E-state index in [4.69, 9.17) is 0 Å². The van der Waals surface area contributed by atoms with Gasteiger partial charge in [0.05, 0.1) is 11.8 Å². The van der Waals surface area contributed by atoms with Crippen molar-refractivity contribution in [2.75, 3.05) is 33.2 Å². The third kappa shape index (κ3) is 5.59. The molecule has 0 aromatic carbocycles. The van der Waals surface area contributed by atoms with E-state index in [-0.39, 0.29) is 6.10 Å². The van der Waals surface area contributed by atoms with Gasteiger partial charge in [-0.15, -0.1) is 0 Å². The van der Waals surface area contributed by atoms with Crippen LogP contribution in [0, 0.1) is 5.92 Å². The number of aromatic nitrogens is 2. The van der Waals surface area contributed by atoms with Crippen LogP contribution in [0.4, 0.5) is 0 Å². The molecule has 1 aromatic heterocycles. The number of hydrogen-bond acceptors (Lipinski definition) is 4. The molecule has 2 rings (SSSR count). The summed E-state index contributed by atoms with van der Waals surface area (Å²) >= 11 is 0. The summed E-state index contributed by atoms with van der Waals surface area (Å²) in [4.78, 5) is 4.61. The van der Waals surface area contributed by atoms with Gasteiger partial charge in [-0.05, 0) is 44.8 Å². The van der Waals surface area contributed by atoms with Crippen LogP contribution in [0.1, 0.15) is 50.8 Å². The predicted octanol–water partition coefficient (Wildman–Crippen LogP) is 2.07. The number of aryl methyl sites for hydroxylation is 1. The maximum Gasteiger partial charge on any atom is 0.0793 e. The molecule has 0 radical (unpaired) electrons. The summed E-state index contributed by atoms with van der Waals surface area (Å²) in [5, 5.41) is 15.0. The Morgan fingerprint density at radius 1 is 1.35 bits per heavy atom. The minimum absolute atomic E-state index is 0.285. The summed E-state index contributed by atoms with van der Waals surface area (Å²) in [6, 6.07) is 0. The second kappa shape index (κ2) is 8.27. The van der Waals surface area contributed by atoms with Crippen LogP contribution in [0.3, 0.4) is 0 Å². The second-order valence-electron chi connectivity index (χ2n) is 7.70. The smallest absolute Gasteiger partial charge is 0.0793 e. The second-order valence-corrected chi connectivity index (χ2v) is 7.70. The van der Waals surface area contributed by atoms with E-state index in [1.54, 1.807) is 0 Å². The zero-order valence-electron chi connectivity index (χ0n) is 15.5. The molecule has 0 saturated carbocycles. The minimum Gasteiger partial charge on any atom is -0.390 e. The topological polar surface area (TPSA) is 44.5 Å². The van der Waals surface area contributed by atoms with E-state index in [0.717, 1.165) is 32.1 Å². The van der Waals surface area contributed by atoms with Crippen molar-refractivity contribution in [2.45, 2.75) is 52.2 Å². The number of likely N-dealkylation sites (N-methyl/N-ethyl adjacent to an activating group) is 1. The third-order valence-electron chi connectivity index (χ3n) is 4.79. The molecule has 1 N–H and O–H groups in total. The molecular formula is C18H34N4O. The molecule has 132 valence electrons. The van der Waals surface area contributed by atoms with Crippen LogP contribution in [0.5, 0.6) is 0 Å². The van der Waals surface area contributed by atoms with Gasteiger partial charge in [0.2, 0.25) is 0 Å². The van der Waals surface area contributed by atoms with Crippen LogP contribution in [0.25, 0.3) is 0 Å². The van der Waals surface area contributed by atoms with Gasteiger partial charge >= 0.3 is 0 Å². The van der Waals surface area contributed by atoms with Crippen LogP contribution < -0.4 is 0 Å². The van der Waals surface area contributed by atoms with Gasteiger partial charge in [-0.1, -0.05) is 20.8 Å². The Labute approximate surface area is 141 Å². The molecule has 0 amide bonds. The molecule has 0 spiro atoms. The van der Waals surface area contributed by atoms with Gasteiger partial charge in [-0.2, -0.15) is 5.10 Å². The van der Waals surface area contributed by atoms with Gasteiger partial charge in [-0.3, -0.25) is 9.58 Å². The van der Waals surface area contributed by atoms with E-state index in [2.05, 4.69) is 48.9 Å². The first-order chi connectivity index (χ1) is 10.8. The molecule has 1 aliphatic heterocycles. The highest BCUT2D eigenvalue weighted by atomic mass is 16.3. The highest BCUT2D eigenvalue weighted by Crippen LogP contribution is 2.19. The normalized spacial score (nSPS) is 19.0. The van der Waals surface area contributed by atoms with E-state index < -0.39 is 0 Å². The summed E-state index contributed by atoms with van der Waals surface area (Å²) in [5.74, 6) is 1.27. The van der Waals surface area contributed by atoms with E-state index in [1.165, 1.54) is 24.1 Å². The highest BCUT2D eigenvalue weighted by molar-refractivity contribution is 5.20. The van der Waals surface area contributed by atoms with Crippen LogP contribution in [0.15, 0.2) is 6.20 Å². The molecule has 1 saturated heterocycles. The Morgan fingerprint density at radius 2 is 2.00 bits per heavy atom. The first kappa shape index (κ1) is 18.4. The lowest BCUT2D eigenvalue weighted by Crippen LogP contribution is -2.42. The largest absolute Gasteiger partial charge is 0.390 e. The molecule has 0 bridgehead atoms. The van der Waals surface area contributed by atoms with Gasteiger partial charge < -0.3 is 10.0 Å². The molecule has 1 aliphatic rings. The van der Waals surface area contributed by atoms with Crippen molar-refractivity contribution in [3.63, 3.8) is 0 Å². The van der Waals surface area contributed by atoms with Crippen molar-refractivity contribution >= 4 is 0 Å². The average molecular weight is 322 g/mol. The molecule has 0 aliphatic carbocycles. The lowest BCUT2D eigenvalue weighted by molar-refractivity contribution is 0.0662. The maximum absolute atomic E-state index is 10.4. The monoisotopic (exact) mass is 322 g/mol. The summed E-state index contributed by atoms with van der Waals surface area (Å²) in [5.41, 5.74) is 2.43. The van der Waals surface area contributed by atoms with Gasteiger partial charge in [0, 0.05) is 38.4 Å². The lowest BCUT2D eigenvalue weighted by Gasteiger charge is -2.32. The third-order valence-corrected chi connectivity index (χ3v) is 4.79. The molecular weight excluding hydrogens is 288 g/mol. The summed E-state index contributed by atoms with van der Waals surface area (Å²) in [7, 11) is 4.06. The molecule has 5 heteroatoms. The quantitative estimate of drug-likeness (QED) is 0.835. The minimum atomic E-state index is -0.285. The van der Waals surface area contributed by atoms with Crippen molar-refractivity contribution < 1.29 is 5.11 Å². The van der Waals surface area contributed by atoms with E-state index in [1.807, 2.05) is 11.7 Å². The molecule has 1 fully saturated rings. The number of hydrogen-bond donors (Lipinski definition) is 1. The van der Waals surface area contributed by atoms with Crippen molar-refractivity contribution in [1.82, 2.24) is 19.6 Å². The maximum atomic E-state index is 10.4. The van der Waals surface area contributed by atoms with Gasteiger partial charge in [0.1, 0.15) is 0 Å². The first-order valence-corrected chi connectivity index (χ1v) is 8.96. The number of aliphatic hydroxyl groups is 1. The van der Waals surface area contributed by atoms with E-state index in [9.17, 15) is 5.11 Å². The van der Waals surface area contributed by atoms with Crippen molar-refractivity contribution in [3.8, 4) is 0 Å². The van der Waals surface area contributed by atoms with Crippen LogP contribution in [0.2, 0.25) is 0 Å². The number of nitrogens with zero attached hydrogens (tertiary/aromatic N) is 4. The Bertz CT molecular complexity index is 477. The number of β-amino-alcohol motifs (C(OH)–C–C–N with tert-alkyl or cyclic N) is 1. The van der Waals surface area contributed by atoms with Crippen molar-refractivity contribution in [2.24, 2.45) is 13.0 Å². The molecule has 5 nitrogen and oxygen atoms in total. The lowest BCUT2D eigenvalue weighted by atomic mass is 9.99. The van der Waals surface area contributed by atoms with Crippen molar-refractivity contribution in [3.05, 3.63) is 17.5 Å². The first-order valence-electron chi connectivity index (χ1n) is 8.96. The molecule has 1 aromatic rings. The zero-order chi connectivity index (χ0) is 17.0. The zero-order valence-corrected chi connectivity index (χ0v) is 15.5. The summed E-state index contributed by atoms with van der Waals surface area (Å²) < 4.78 is 1.89. The Balaban J connectivity index is 1.81. The highest BCUT2D eigenvalue weighted by Gasteiger charge is 2.20. The number of rotatable bonds is 7. The fraction of sp³-hybridized carbons (Fsp3) is 0.833. The summed E-state index contributed by atoms with van der Waals surface area (Å²) in [6.45, 7) is 11.3. The SMILES string of the molecule is CC1CCN(CC(O)CN(C)Cc2cn(C)nc2C(C)C)CC1. The Hall–Kier alpha value is -0.910. The molecule has 1 unspecified atom stereocenters. The van der Waals surface area contributed by atoms with Gasteiger partial charge in [-0.25, -0.2) is 0 Å². The van der Waals surface area contributed by atoms with E-state index in [0.29, 0.717) is 12.5 Å². The Kier molecular flexibility index (Phi) is 6.62. The van der Waals surface area contributed by atoms with Crippen LogP contribution in [-0.4, -0.2) is 64.0 Å². The van der Waals surface area contributed by atoms with Crippen molar-refractivity contribution in [1.29, 1.82) is 0 Å². The van der Waals surface area contributed by atoms with E-state index >= 15 is 0 Å². The number of piperidine rings is 1. The van der Waals surface area contributed by atoms with Crippen LogP contribution in [-0.2, 0) is 13.6 Å². The fourth-order valence-electron chi connectivity index (χ4n) is 3.48. The molecule has 2 heterocycles. The fourth-order valence-corrected chi connectivity index (χ4v) is 3.48. The number of aliphatic hydroxyl groups excluding tert-OH is 1. The average Bonchev–Trinajstić information content (AvgIpc) is 2.82. The predicted molar refractivity (Wildman–Crippen MR) is 94.5 cm³/mol. The molecule has 23 heavy (non-hydrogen) atoms. The van der Waals surface area contributed by atoms with Gasteiger partial charge in [0.15, 0.2) is 0 Å². The Morgan fingerprint density at radius 3 is 2.61 bits per heavy atom.